The molecule has 1 N–H and O–H groups in total. The number of fused-ring (bicyclic) bond motifs is 1. The zero-order valence-electron chi connectivity index (χ0n) is 17.2. The van der Waals surface area contributed by atoms with Gasteiger partial charge in [0.2, 0.25) is 0 Å². The molecular formula is C23H32N4O. The number of para-hydroxylation sites is 1. The fourth-order valence-corrected chi connectivity index (χ4v) is 6.57. The van der Waals surface area contributed by atoms with Gasteiger partial charge in [0.05, 0.1) is 5.52 Å². The molecule has 4 fully saturated rings. The summed E-state index contributed by atoms with van der Waals surface area (Å²) in [6, 6.07) is 8.17. The smallest absolute Gasteiger partial charge is 0.272 e. The Hall–Kier alpha value is -1.88. The second-order valence-electron chi connectivity index (χ2n) is 9.90. The summed E-state index contributed by atoms with van der Waals surface area (Å²) in [4.78, 5) is 15.5. The monoisotopic (exact) mass is 380 g/mol. The number of hydrogen-bond donors (Lipinski definition) is 1. The van der Waals surface area contributed by atoms with Gasteiger partial charge in [-0.3, -0.25) is 9.48 Å². The number of amides is 1. The Morgan fingerprint density at radius 1 is 1.14 bits per heavy atom. The molecule has 1 heterocycles. The van der Waals surface area contributed by atoms with Gasteiger partial charge in [0.1, 0.15) is 0 Å². The molecule has 6 rings (SSSR count). The Morgan fingerprint density at radius 2 is 1.79 bits per heavy atom. The van der Waals surface area contributed by atoms with Gasteiger partial charge in [-0.25, -0.2) is 0 Å². The van der Waals surface area contributed by atoms with E-state index in [1.54, 1.807) is 0 Å². The van der Waals surface area contributed by atoms with Crippen molar-refractivity contribution in [2.45, 2.75) is 57.0 Å². The second kappa shape index (κ2) is 6.87. The van der Waals surface area contributed by atoms with Crippen LogP contribution in [0.3, 0.4) is 0 Å². The quantitative estimate of drug-likeness (QED) is 0.832. The van der Waals surface area contributed by atoms with Crippen molar-refractivity contribution in [1.82, 2.24) is 20.0 Å². The predicted octanol–water partition coefficient (Wildman–Crippen LogP) is 3.69. The molecule has 5 nitrogen and oxygen atoms in total. The molecular weight excluding hydrogens is 348 g/mol. The van der Waals surface area contributed by atoms with Crippen LogP contribution in [0.1, 0.15) is 55.4 Å². The Kier molecular flexibility index (Phi) is 4.46. The molecule has 2 aromatic rings. The van der Waals surface area contributed by atoms with Gasteiger partial charge in [-0.1, -0.05) is 18.2 Å². The first kappa shape index (κ1) is 18.2. The Morgan fingerprint density at radius 3 is 2.43 bits per heavy atom. The molecule has 4 aliphatic rings. The van der Waals surface area contributed by atoms with Gasteiger partial charge in [0, 0.05) is 17.5 Å². The third-order valence-corrected chi connectivity index (χ3v) is 7.27. The van der Waals surface area contributed by atoms with E-state index in [2.05, 4.69) is 30.4 Å². The summed E-state index contributed by atoms with van der Waals surface area (Å²) in [7, 11) is 4.18. The summed E-state index contributed by atoms with van der Waals surface area (Å²) in [5, 5.41) is 9.25. The van der Waals surface area contributed by atoms with Crippen molar-refractivity contribution in [2.75, 3.05) is 20.6 Å². The topological polar surface area (TPSA) is 50.2 Å². The molecule has 5 heteroatoms. The highest BCUT2D eigenvalue weighted by molar-refractivity contribution is 6.05. The number of benzene rings is 1. The number of aryl methyl sites for hydroxylation is 1. The standard InChI is InChI=1S/C23H32N4O/c1-26(2)8-5-9-27-20-7-4-3-6-19(20)21(25-27)22(28)24-23-13-16-10-17(14-23)12-18(11-16)15-23/h3-4,6-7,16-18H,5,8-15H2,1-2H3,(H,24,28). The average molecular weight is 381 g/mol. The van der Waals surface area contributed by atoms with E-state index < -0.39 is 0 Å². The molecule has 4 saturated carbocycles. The molecule has 0 saturated heterocycles. The lowest BCUT2D eigenvalue weighted by Crippen LogP contribution is -2.59. The van der Waals surface area contributed by atoms with Gasteiger partial charge in [-0.15, -0.1) is 0 Å². The summed E-state index contributed by atoms with van der Waals surface area (Å²) in [6.45, 7) is 1.85. The van der Waals surface area contributed by atoms with Crippen molar-refractivity contribution < 1.29 is 4.79 Å². The van der Waals surface area contributed by atoms with Crippen molar-refractivity contribution in [2.24, 2.45) is 17.8 Å². The molecule has 1 amide bonds. The van der Waals surface area contributed by atoms with Crippen LogP contribution in [0, 0.1) is 17.8 Å². The van der Waals surface area contributed by atoms with E-state index in [-0.39, 0.29) is 11.4 Å². The van der Waals surface area contributed by atoms with Crippen molar-refractivity contribution in [3.05, 3.63) is 30.0 Å². The molecule has 0 atom stereocenters. The van der Waals surface area contributed by atoms with Crippen LogP contribution in [0.5, 0.6) is 0 Å². The number of aromatic nitrogens is 2. The maximum atomic E-state index is 13.3. The van der Waals surface area contributed by atoms with Gasteiger partial charge >= 0.3 is 0 Å². The lowest BCUT2D eigenvalue weighted by atomic mass is 9.53. The SMILES string of the molecule is CN(C)CCCn1nc(C(=O)NC23CC4CC(CC(C4)C2)C3)c2ccccc21. The van der Waals surface area contributed by atoms with Crippen molar-refractivity contribution >= 4 is 16.8 Å². The van der Waals surface area contributed by atoms with Crippen LogP contribution >= 0.6 is 0 Å². The molecule has 1 aromatic carbocycles. The highest BCUT2D eigenvalue weighted by Gasteiger charge is 2.51. The van der Waals surface area contributed by atoms with Crippen LogP contribution in [0.4, 0.5) is 0 Å². The molecule has 0 aliphatic heterocycles. The average Bonchev–Trinajstić information content (AvgIpc) is 2.99. The summed E-state index contributed by atoms with van der Waals surface area (Å²) in [5.41, 5.74) is 1.70. The van der Waals surface area contributed by atoms with E-state index in [0.29, 0.717) is 5.69 Å². The van der Waals surface area contributed by atoms with E-state index in [1.165, 1.54) is 38.5 Å². The van der Waals surface area contributed by atoms with Crippen LogP contribution in [-0.4, -0.2) is 46.8 Å². The Balaban J connectivity index is 1.39. The number of rotatable bonds is 6. The number of carbonyl (C=O) groups excluding carboxylic acids is 1. The molecule has 1 aromatic heterocycles. The zero-order chi connectivity index (χ0) is 19.3. The second-order valence-corrected chi connectivity index (χ2v) is 9.90. The van der Waals surface area contributed by atoms with Gasteiger partial charge in [-0.2, -0.15) is 5.10 Å². The van der Waals surface area contributed by atoms with E-state index in [0.717, 1.165) is 48.2 Å². The molecule has 0 radical (unpaired) electrons. The first-order chi connectivity index (χ1) is 13.5. The Bertz CT molecular complexity index is 849. The third kappa shape index (κ3) is 3.24. The third-order valence-electron chi connectivity index (χ3n) is 7.27. The first-order valence-corrected chi connectivity index (χ1v) is 10.9. The highest BCUT2D eigenvalue weighted by Crippen LogP contribution is 2.55. The molecule has 4 bridgehead atoms. The van der Waals surface area contributed by atoms with E-state index in [4.69, 9.17) is 5.10 Å². The fraction of sp³-hybridized carbons (Fsp3) is 0.652. The lowest BCUT2D eigenvalue weighted by Gasteiger charge is -2.56. The van der Waals surface area contributed by atoms with Gasteiger partial charge in [-0.05, 0) is 89.4 Å². The fourth-order valence-electron chi connectivity index (χ4n) is 6.57. The molecule has 4 aliphatic carbocycles. The lowest BCUT2D eigenvalue weighted by molar-refractivity contribution is -0.0167. The summed E-state index contributed by atoms with van der Waals surface area (Å²) in [5.74, 6) is 2.51. The number of nitrogens with one attached hydrogen (secondary N) is 1. The maximum Gasteiger partial charge on any atom is 0.272 e. The van der Waals surface area contributed by atoms with Gasteiger partial charge in [0.25, 0.3) is 5.91 Å². The van der Waals surface area contributed by atoms with E-state index in [9.17, 15) is 4.79 Å². The van der Waals surface area contributed by atoms with Gasteiger partial charge in [0.15, 0.2) is 5.69 Å². The number of carbonyl (C=O) groups is 1. The van der Waals surface area contributed by atoms with Crippen molar-refractivity contribution in [3.8, 4) is 0 Å². The molecule has 0 unspecified atom stereocenters. The molecule has 28 heavy (non-hydrogen) atoms. The van der Waals surface area contributed by atoms with Crippen LogP contribution in [0.25, 0.3) is 10.9 Å². The predicted molar refractivity (Wildman–Crippen MR) is 111 cm³/mol. The normalized spacial score (nSPS) is 31.0. The summed E-state index contributed by atoms with van der Waals surface area (Å²) < 4.78 is 2.02. The minimum atomic E-state index is 0.0294. The number of nitrogens with zero attached hydrogens (tertiary/aromatic N) is 3. The van der Waals surface area contributed by atoms with Crippen LogP contribution in [0.2, 0.25) is 0 Å². The molecule has 0 spiro atoms. The highest BCUT2D eigenvalue weighted by atomic mass is 16.2. The van der Waals surface area contributed by atoms with Crippen molar-refractivity contribution in [3.63, 3.8) is 0 Å². The first-order valence-electron chi connectivity index (χ1n) is 10.9. The van der Waals surface area contributed by atoms with Gasteiger partial charge < -0.3 is 10.2 Å². The Labute approximate surface area is 167 Å². The van der Waals surface area contributed by atoms with Crippen LogP contribution < -0.4 is 5.32 Å². The van der Waals surface area contributed by atoms with E-state index >= 15 is 0 Å². The van der Waals surface area contributed by atoms with E-state index in [1.807, 2.05) is 22.9 Å². The van der Waals surface area contributed by atoms with Crippen molar-refractivity contribution in [1.29, 1.82) is 0 Å². The minimum absolute atomic E-state index is 0.0294. The summed E-state index contributed by atoms with van der Waals surface area (Å²) in [6.07, 6.45) is 8.70. The van der Waals surface area contributed by atoms with Crippen LogP contribution in [-0.2, 0) is 6.54 Å². The largest absolute Gasteiger partial charge is 0.345 e. The minimum Gasteiger partial charge on any atom is -0.345 e. The summed E-state index contributed by atoms with van der Waals surface area (Å²) >= 11 is 0. The number of hydrogen-bond acceptors (Lipinski definition) is 3. The maximum absolute atomic E-state index is 13.3. The molecule has 150 valence electrons. The van der Waals surface area contributed by atoms with Crippen LogP contribution in [0.15, 0.2) is 24.3 Å². The zero-order valence-corrected chi connectivity index (χ0v) is 17.2.